The van der Waals surface area contributed by atoms with Gasteiger partial charge >= 0.3 is 0 Å². The highest BCUT2D eigenvalue weighted by Crippen LogP contribution is 2.29. The number of anilines is 1. The monoisotopic (exact) mass is 277 g/mol. The summed E-state index contributed by atoms with van der Waals surface area (Å²) in [6.07, 6.45) is 0.499. The van der Waals surface area contributed by atoms with E-state index in [1.54, 1.807) is 11.3 Å². The minimum Gasteiger partial charge on any atom is -0.378 e. The van der Waals surface area contributed by atoms with Gasteiger partial charge in [0.25, 0.3) is 0 Å². The maximum absolute atomic E-state index is 9.85. The average Bonchev–Trinajstić information content (AvgIpc) is 2.90. The predicted molar refractivity (Wildman–Crippen MR) is 79.7 cm³/mol. The van der Waals surface area contributed by atoms with Crippen LogP contribution in [-0.4, -0.2) is 47.4 Å². The van der Waals surface area contributed by atoms with E-state index in [9.17, 15) is 5.11 Å². The molecule has 19 heavy (non-hydrogen) atoms. The number of rotatable bonds is 3. The SMILES string of the molecule is CCC(O)N1CCN(c2nc3ccccc3s2)CC1. The summed E-state index contributed by atoms with van der Waals surface area (Å²) < 4.78 is 1.24. The van der Waals surface area contributed by atoms with Crippen molar-refractivity contribution in [3.05, 3.63) is 24.3 Å². The lowest BCUT2D eigenvalue weighted by Gasteiger charge is -2.36. The summed E-state index contributed by atoms with van der Waals surface area (Å²) in [5.41, 5.74) is 1.08. The van der Waals surface area contributed by atoms with Crippen molar-refractivity contribution in [1.29, 1.82) is 0 Å². The molecule has 1 unspecified atom stereocenters. The lowest BCUT2D eigenvalue weighted by Crippen LogP contribution is -2.50. The van der Waals surface area contributed by atoms with E-state index in [2.05, 4.69) is 33.0 Å². The molecule has 1 aromatic heterocycles. The number of hydrogen-bond acceptors (Lipinski definition) is 5. The third-order valence-electron chi connectivity index (χ3n) is 3.65. The Balaban J connectivity index is 1.71. The van der Waals surface area contributed by atoms with Gasteiger partial charge in [-0.1, -0.05) is 30.4 Å². The summed E-state index contributed by atoms with van der Waals surface area (Å²) in [5, 5.41) is 11.0. The predicted octanol–water partition coefficient (Wildman–Crippen LogP) is 2.15. The molecule has 0 amide bonds. The Kier molecular flexibility index (Phi) is 3.68. The number of aliphatic hydroxyl groups excluding tert-OH is 1. The molecule has 0 spiro atoms. The van der Waals surface area contributed by atoms with Crippen molar-refractivity contribution in [2.45, 2.75) is 19.6 Å². The van der Waals surface area contributed by atoms with E-state index < -0.39 is 0 Å². The molecule has 4 nitrogen and oxygen atoms in total. The third-order valence-corrected chi connectivity index (χ3v) is 4.75. The number of aromatic nitrogens is 1. The van der Waals surface area contributed by atoms with Gasteiger partial charge in [0.05, 0.1) is 10.2 Å². The molecule has 2 aromatic rings. The summed E-state index contributed by atoms with van der Waals surface area (Å²) in [4.78, 5) is 9.16. The average molecular weight is 277 g/mol. The number of para-hydroxylation sites is 1. The fourth-order valence-corrected chi connectivity index (χ4v) is 3.48. The molecule has 1 atom stereocenters. The number of fused-ring (bicyclic) bond motifs is 1. The number of thiazole rings is 1. The first-order valence-electron chi connectivity index (χ1n) is 6.80. The molecule has 0 bridgehead atoms. The first kappa shape index (κ1) is 12.8. The number of benzene rings is 1. The van der Waals surface area contributed by atoms with E-state index in [1.807, 2.05) is 13.0 Å². The molecule has 1 aliphatic heterocycles. The summed E-state index contributed by atoms with van der Waals surface area (Å²) in [7, 11) is 0. The van der Waals surface area contributed by atoms with Crippen LogP contribution in [0.3, 0.4) is 0 Å². The minimum atomic E-state index is -0.294. The summed E-state index contributed by atoms with van der Waals surface area (Å²) >= 11 is 1.75. The van der Waals surface area contributed by atoms with Crippen molar-refractivity contribution in [2.24, 2.45) is 0 Å². The van der Waals surface area contributed by atoms with Crippen molar-refractivity contribution in [3.63, 3.8) is 0 Å². The largest absolute Gasteiger partial charge is 0.378 e. The third kappa shape index (κ3) is 2.59. The van der Waals surface area contributed by atoms with Crippen LogP contribution in [0.1, 0.15) is 13.3 Å². The van der Waals surface area contributed by atoms with Crippen molar-refractivity contribution in [3.8, 4) is 0 Å². The highest BCUT2D eigenvalue weighted by Gasteiger charge is 2.22. The van der Waals surface area contributed by atoms with Gasteiger partial charge < -0.3 is 10.0 Å². The number of hydrogen-bond donors (Lipinski definition) is 1. The second-order valence-corrected chi connectivity index (χ2v) is 5.89. The van der Waals surface area contributed by atoms with Crippen molar-refractivity contribution in [1.82, 2.24) is 9.88 Å². The Labute approximate surface area is 117 Å². The molecule has 1 fully saturated rings. The van der Waals surface area contributed by atoms with E-state index in [-0.39, 0.29) is 6.23 Å². The van der Waals surface area contributed by atoms with Crippen LogP contribution in [-0.2, 0) is 0 Å². The van der Waals surface area contributed by atoms with Crippen LogP contribution >= 0.6 is 11.3 Å². The number of piperazine rings is 1. The Morgan fingerprint density at radius 2 is 2.00 bits per heavy atom. The van der Waals surface area contributed by atoms with Crippen LogP contribution in [0.25, 0.3) is 10.2 Å². The molecule has 102 valence electrons. The van der Waals surface area contributed by atoms with E-state index >= 15 is 0 Å². The zero-order valence-electron chi connectivity index (χ0n) is 11.1. The molecular formula is C14H19N3OS. The van der Waals surface area contributed by atoms with Gasteiger partial charge in [-0.05, 0) is 18.6 Å². The van der Waals surface area contributed by atoms with Gasteiger partial charge in [0, 0.05) is 26.2 Å². The van der Waals surface area contributed by atoms with Crippen molar-refractivity contribution < 1.29 is 5.11 Å². The van der Waals surface area contributed by atoms with Gasteiger partial charge in [-0.3, -0.25) is 4.90 Å². The van der Waals surface area contributed by atoms with Crippen LogP contribution in [0, 0.1) is 0 Å². The number of nitrogens with zero attached hydrogens (tertiary/aromatic N) is 3. The highest BCUT2D eigenvalue weighted by molar-refractivity contribution is 7.22. The quantitative estimate of drug-likeness (QED) is 0.933. The molecule has 1 N–H and O–H groups in total. The second-order valence-electron chi connectivity index (χ2n) is 4.88. The normalized spacial score (nSPS) is 18.9. The van der Waals surface area contributed by atoms with E-state index in [0.717, 1.165) is 43.2 Å². The Bertz CT molecular complexity index is 515. The molecule has 0 aliphatic carbocycles. The van der Waals surface area contributed by atoms with Crippen LogP contribution in [0.2, 0.25) is 0 Å². The van der Waals surface area contributed by atoms with Crippen molar-refractivity contribution >= 4 is 26.7 Å². The van der Waals surface area contributed by atoms with Crippen LogP contribution < -0.4 is 4.90 Å². The maximum Gasteiger partial charge on any atom is 0.186 e. The van der Waals surface area contributed by atoms with Crippen LogP contribution in [0.4, 0.5) is 5.13 Å². The lowest BCUT2D eigenvalue weighted by atomic mass is 10.3. The molecule has 5 heteroatoms. The first-order chi connectivity index (χ1) is 9.28. The van der Waals surface area contributed by atoms with Crippen LogP contribution in [0.5, 0.6) is 0 Å². The molecule has 1 saturated heterocycles. The standard InChI is InChI=1S/C14H19N3OS/c1-2-13(18)16-7-9-17(10-8-16)14-15-11-5-3-4-6-12(11)19-14/h3-6,13,18H,2,7-10H2,1H3. The molecule has 0 saturated carbocycles. The van der Waals surface area contributed by atoms with Gasteiger partial charge in [0.15, 0.2) is 5.13 Å². The van der Waals surface area contributed by atoms with E-state index in [1.165, 1.54) is 4.70 Å². The smallest absolute Gasteiger partial charge is 0.186 e. The zero-order valence-corrected chi connectivity index (χ0v) is 11.9. The zero-order chi connectivity index (χ0) is 13.2. The van der Waals surface area contributed by atoms with E-state index in [0.29, 0.717) is 0 Å². The van der Waals surface area contributed by atoms with E-state index in [4.69, 9.17) is 0 Å². The first-order valence-corrected chi connectivity index (χ1v) is 7.62. The number of aliphatic hydroxyl groups is 1. The molecule has 1 aromatic carbocycles. The summed E-state index contributed by atoms with van der Waals surface area (Å²) in [6, 6.07) is 8.27. The molecule has 2 heterocycles. The Morgan fingerprint density at radius 1 is 1.26 bits per heavy atom. The summed E-state index contributed by atoms with van der Waals surface area (Å²) in [5.74, 6) is 0. The molecule has 1 aliphatic rings. The Hall–Kier alpha value is -1.17. The second kappa shape index (κ2) is 5.45. The topological polar surface area (TPSA) is 39.6 Å². The highest BCUT2D eigenvalue weighted by atomic mass is 32.1. The van der Waals surface area contributed by atoms with Gasteiger partial charge in [0.1, 0.15) is 6.23 Å². The maximum atomic E-state index is 9.85. The fraction of sp³-hybridized carbons (Fsp3) is 0.500. The lowest BCUT2D eigenvalue weighted by molar-refractivity contribution is -0.00191. The molecule has 3 rings (SSSR count). The van der Waals surface area contributed by atoms with Gasteiger partial charge in [-0.25, -0.2) is 4.98 Å². The molecule has 0 radical (unpaired) electrons. The minimum absolute atomic E-state index is 0.294. The summed E-state index contributed by atoms with van der Waals surface area (Å²) in [6.45, 7) is 5.72. The molecular weight excluding hydrogens is 258 g/mol. The van der Waals surface area contributed by atoms with Gasteiger partial charge in [-0.15, -0.1) is 0 Å². The van der Waals surface area contributed by atoms with Crippen LogP contribution in [0.15, 0.2) is 24.3 Å². The van der Waals surface area contributed by atoms with Gasteiger partial charge in [-0.2, -0.15) is 0 Å². The van der Waals surface area contributed by atoms with Crippen molar-refractivity contribution in [2.75, 3.05) is 31.1 Å². The Morgan fingerprint density at radius 3 is 2.68 bits per heavy atom. The fourth-order valence-electron chi connectivity index (χ4n) is 2.46. The van der Waals surface area contributed by atoms with Gasteiger partial charge in [0.2, 0.25) is 0 Å².